The molecule has 0 heterocycles. The van der Waals surface area contributed by atoms with E-state index in [1.165, 1.54) is 0 Å². The molecular weight excluding hydrogens is 176 g/mol. The third-order valence-electron chi connectivity index (χ3n) is 1.75. The van der Waals surface area contributed by atoms with Gasteiger partial charge in [-0.3, -0.25) is 4.79 Å². The largest absolute Gasteiger partial charge is 0.465 e. The van der Waals surface area contributed by atoms with Crippen molar-refractivity contribution in [2.45, 2.75) is 40.5 Å². The van der Waals surface area contributed by atoms with Gasteiger partial charge < -0.3 is 4.74 Å². The SMILES string of the molecule is CC(C)/C=C/CCCOC(=O)C(C)C. The number of allylic oxidation sites excluding steroid dienone is 2. The van der Waals surface area contributed by atoms with Crippen molar-refractivity contribution in [3.05, 3.63) is 12.2 Å². The average Bonchev–Trinajstić information content (AvgIpc) is 2.09. The molecule has 0 aromatic carbocycles. The molecule has 0 aliphatic carbocycles. The minimum atomic E-state index is -0.0992. The van der Waals surface area contributed by atoms with Crippen molar-refractivity contribution in [2.75, 3.05) is 6.61 Å². The van der Waals surface area contributed by atoms with Gasteiger partial charge in [-0.2, -0.15) is 0 Å². The molecule has 82 valence electrons. The Morgan fingerprint density at radius 2 is 1.93 bits per heavy atom. The van der Waals surface area contributed by atoms with Crippen molar-refractivity contribution in [3.8, 4) is 0 Å². The molecule has 0 fully saturated rings. The summed E-state index contributed by atoms with van der Waals surface area (Å²) in [6.07, 6.45) is 6.23. The van der Waals surface area contributed by atoms with Crippen molar-refractivity contribution < 1.29 is 9.53 Å². The Bertz CT molecular complexity index is 181. The highest BCUT2D eigenvalue weighted by Crippen LogP contribution is 2.00. The Morgan fingerprint density at radius 1 is 1.29 bits per heavy atom. The summed E-state index contributed by atoms with van der Waals surface area (Å²) in [4.78, 5) is 11.0. The highest BCUT2D eigenvalue weighted by Gasteiger charge is 2.06. The summed E-state index contributed by atoms with van der Waals surface area (Å²) < 4.78 is 5.04. The minimum absolute atomic E-state index is 0.0128. The number of unbranched alkanes of at least 4 members (excludes halogenated alkanes) is 1. The molecule has 0 unspecified atom stereocenters. The van der Waals surface area contributed by atoms with Crippen LogP contribution in [0.3, 0.4) is 0 Å². The van der Waals surface area contributed by atoms with Crippen LogP contribution in [-0.4, -0.2) is 12.6 Å². The topological polar surface area (TPSA) is 26.3 Å². The number of hydrogen-bond acceptors (Lipinski definition) is 2. The molecule has 0 radical (unpaired) electrons. The second-order valence-electron chi connectivity index (χ2n) is 4.14. The lowest BCUT2D eigenvalue weighted by molar-refractivity contribution is -0.147. The number of esters is 1. The number of rotatable bonds is 6. The number of ether oxygens (including phenoxy) is 1. The van der Waals surface area contributed by atoms with Crippen molar-refractivity contribution in [3.63, 3.8) is 0 Å². The van der Waals surface area contributed by atoms with Crippen molar-refractivity contribution >= 4 is 5.97 Å². The van der Waals surface area contributed by atoms with Crippen LogP contribution >= 0.6 is 0 Å². The summed E-state index contributed by atoms with van der Waals surface area (Å²) in [6.45, 7) is 8.53. The monoisotopic (exact) mass is 198 g/mol. The van der Waals surface area contributed by atoms with Gasteiger partial charge in [-0.1, -0.05) is 39.8 Å². The van der Waals surface area contributed by atoms with E-state index in [0.29, 0.717) is 12.5 Å². The predicted molar refractivity (Wildman–Crippen MR) is 59.0 cm³/mol. The minimum Gasteiger partial charge on any atom is -0.465 e. The maximum absolute atomic E-state index is 11.0. The molecule has 0 aliphatic heterocycles. The van der Waals surface area contributed by atoms with Gasteiger partial charge in [0.15, 0.2) is 0 Å². The van der Waals surface area contributed by atoms with E-state index >= 15 is 0 Å². The Kier molecular flexibility index (Phi) is 7.17. The molecular formula is C12H22O2. The Labute approximate surface area is 87.3 Å². The van der Waals surface area contributed by atoms with Crippen LogP contribution in [0.25, 0.3) is 0 Å². The van der Waals surface area contributed by atoms with Crippen molar-refractivity contribution in [2.24, 2.45) is 11.8 Å². The molecule has 0 aromatic rings. The van der Waals surface area contributed by atoms with Crippen molar-refractivity contribution in [1.82, 2.24) is 0 Å². The highest BCUT2D eigenvalue weighted by atomic mass is 16.5. The third kappa shape index (κ3) is 7.84. The third-order valence-corrected chi connectivity index (χ3v) is 1.75. The second-order valence-corrected chi connectivity index (χ2v) is 4.14. The lowest BCUT2D eigenvalue weighted by Crippen LogP contribution is -2.12. The van der Waals surface area contributed by atoms with Gasteiger partial charge in [0.2, 0.25) is 0 Å². The molecule has 0 saturated carbocycles. The molecule has 0 atom stereocenters. The molecule has 0 bridgehead atoms. The van der Waals surface area contributed by atoms with E-state index in [-0.39, 0.29) is 11.9 Å². The maximum atomic E-state index is 11.0. The van der Waals surface area contributed by atoms with E-state index in [1.807, 2.05) is 13.8 Å². The summed E-state index contributed by atoms with van der Waals surface area (Å²) in [5, 5.41) is 0. The summed E-state index contributed by atoms with van der Waals surface area (Å²) in [5.74, 6) is 0.493. The predicted octanol–water partition coefficient (Wildman–Crippen LogP) is 3.18. The molecule has 2 heteroatoms. The zero-order chi connectivity index (χ0) is 11.0. The molecule has 0 saturated heterocycles. The van der Waals surface area contributed by atoms with Crippen molar-refractivity contribution in [1.29, 1.82) is 0 Å². The van der Waals surface area contributed by atoms with Crippen LogP contribution in [-0.2, 0) is 9.53 Å². The van der Waals surface area contributed by atoms with Gasteiger partial charge in [-0.15, -0.1) is 0 Å². The molecule has 0 amide bonds. The van der Waals surface area contributed by atoms with Crippen LogP contribution in [0.4, 0.5) is 0 Å². The van der Waals surface area contributed by atoms with E-state index in [9.17, 15) is 4.79 Å². The number of carbonyl (C=O) groups is 1. The van der Waals surface area contributed by atoms with Gasteiger partial charge in [0, 0.05) is 0 Å². The smallest absolute Gasteiger partial charge is 0.308 e. The fourth-order valence-corrected chi connectivity index (χ4v) is 0.909. The van der Waals surface area contributed by atoms with Crippen LogP contribution in [0.2, 0.25) is 0 Å². The maximum Gasteiger partial charge on any atom is 0.308 e. The van der Waals surface area contributed by atoms with Gasteiger partial charge in [0.1, 0.15) is 0 Å². The van der Waals surface area contributed by atoms with Gasteiger partial charge in [-0.05, 0) is 18.8 Å². The molecule has 2 nitrogen and oxygen atoms in total. The van der Waals surface area contributed by atoms with Gasteiger partial charge in [-0.25, -0.2) is 0 Å². The van der Waals surface area contributed by atoms with E-state index in [1.54, 1.807) is 0 Å². The fourth-order valence-electron chi connectivity index (χ4n) is 0.909. The normalized spacial score (nSPS) is 11.6. The molecule has 0 N–H and O–H groups in total. The zero-order valence-electron chi connectivity index (χ0n) is 9.75. The zero-order valence-corrected chi connectivity index (χ0v) is 9.75. The Morgan fingerprint density at radius 3 is 2.43 bits per heavy atom. The molecule has 0 rings (SSSR count). The quantitative estimate of drug-likeness (QED) is 0.372. The van der Waals surface area contributed by atoms with E-state index in [2.05, 4.69) is 26.0 Å². The fraction of sp³-hybridized carbons (Fsp3) is 0.750. The lowest BCUT2D eigenvalue weighted by Gasteiger charge is -2.05. The van der Waals surface area contributed by atoms with Crippen LogP contribution < -0.4 is 0 Å². The first kappa shape index (κ1) is 13.2. The first-order valence-corrected chi connectivity index (χ1v) is 5.37. The van der Waals surface area contributed by atoms with E-state index < -0.39 is 0 Å². The first-order chi connectivity index (χ1) is 6.54. The highest BCUT2D eigenvalue weighted by molar-refractivity contribution is 5.71. The van der Waals surface area contributed by atoms with E-state index in [0.717, 1.165) is 12.8 Å². The van der Waals surface area contributed by atoms with Gasteiger partial charge >= 0.3 is 5.97 Å². The lowest BCUT2D eigenvalue weighted by atomic mass is 10.2. The average molecular weight is 198 g/mol. The van der Waals surface area contributed by atoms with Gasteiger partial charge in [0.25, 0.3) is 0 Å². The molecule has 0 aliphatic rings. The van der Waals surface area contributed by atoms with Gasteiger partial charge in [0.05, 0.1) is 12.5 Å². The standard InChI is InChI=1S/C12H22O2/c1-10(2)8-6-5-7-9-14-12(13)11(3)4/h6,8,10-11H,5,7,9H2,1-4H3/b8-6+. The molecule has 14 heavy (non-hydrogen) atoms. The summed E-state index contributed by atoms with van der Waals surface area (Å²) >= 11 is 0. The molecule has 0 spiro atoms. The molecule has 0 aromatic heterocycles. The van der Waals surface area contributed by atoms with Crippen LogP contribution in [0.5, 0.6) is 0 Å². The second kappa shape index (κ2) is 7.60. The number of hydrogen-bond donors (Lipinski definition) is 0. The summed E-state index contributed by atoms with van der Waals surface area (Å²) in [6, 6.07) is 0. The summed E-state index contributed by atoms with van der Waals surface area (Å²) in [7, 11) is 0. The van der Waals surface area contributed by atoms with E-state index in [4.69, 9.17) is 4.74 Å². The number of carbonyl (C=O) groups excluding carboxylic acids is 1. The summed E-state index contributed by atoms with van der Waals surface area (Å²) in [5.41, 5.74) is 0. The van der Waals surface area contributed by atoms with Crippen LogP contribution in [0.15, 0.2) is 12.2 Å². The van der Waals surface area contributed by atoms with Crippen LogP contribution in [0, 0.1) is 11.8 Å². The Hall–Kier alpha value is -0.790. The Balaban J connectivity index is 3.34. The van der Waals surface area contributed by atoms with Crippen LogP contribution in [0.1, 0.15) is 40.5 Å². The first-order valence-electron chi connectivity index (χ1n) is 5.37.